The van der Waals surface area contributed by atoms with Gasteiger partial charge in [0.05, 0.1) is 24.8 Å². The van der Waals surface area contributed by atoms with Crippen molar-refractivity contribution in [2.45, 2.75) is 26.3 Å². The van der Waals surface area contributed by atoms with Gasteiger partial charge in [0.25, 0.3) is 0 Å². The lowest BCUT2D eigenvalue weighted by molar-refractivity contribution is 0.303. The number of fused-ring (bicyclic) bond motifs is 1. The van der Waals surface area contributed by atoms with Crippen molar-refractivity contribution in [3.05, 3.63) is 89.7 Å². The molecule has 1 aromatic heterocycles. The zero-order chi connectivity index (χ0) is 21.5. The maximum Gasteiger partial charge on any atom is 0.133 e. The van der Waals surface area contributed by atoms with Crippen LogP contribution in [0.25, 0.3) is 23.2 Å². The third-order valence-electron chi connectivity index (χ3n) is 5.29. The highest BCUT2D eigenvalue weighted by atomic mass is 16.5. The maximum atomic E-state index is 5.87. The van der Waals surface area contributed by atoms with Crippen LogP contribution in [0.5, 0.6) is 11.5 Å². The van der Waals surface area contributed by atoms with Crippen molar-refractivity contribution < 1.29 is 9.47 Å². The number of aryl methyl sites for hydroxylation is 2. The van der Waals surface area contributed by atoms with E-state index >= 15 is 0 Å². The summed E-state index contributed by atoms with van der Waals surface area (Å²) in [4.78, 5) is 4.84. The van der Waals surface area contributed by atoms with Crippen LogP contribution in [-0.4, -0.2) is 23.3 Å². The third kappa shape index (κ3) is 5.34. The van der Waals surface area contributed by atoms with Gasteiger partial charge in [0, 0.05) is 6.54 Å². The number of imidazole rings is 1. The van der Waals surface area contributed by atoms with Gasteiger partial charge in [-0.05, 0) is 67.8 Å². The second-order valence-corrected chi connectivity index (χ2v) is 7.59. The van der Waals surface area contributed by atoms with Crippen molar-refractivity contribution in [3.63, 3.8) is 0 Å². The van der Waals surface area contributed by atoms with Gasteiger partial charge in [0.15, 0.2) is 0 Å². The summed E-state index contributed by atoms with van der Waals surface area (Å²) in [5.74, 6) is 2.76. The number of unbranched alkanes of at least 4 members (excludes halogenated alkanes) is 1. The molecular weight excluding hydrogens is 384 g/mol. The molecule has 4 nitrogen and oxygen atoms in total. The molecule has 0 N–H and O–H groups in total. The van der Waals surface area contributed by atoms with Crippen molar-refractivity contribution >= 4 is 23.2 Å². The van der Waals surface area contributed by atoms with Crippen LogP contribution in [0.1, 0.15) is 29.8 Å². The molecule has 0 spiro atoms. The van der Waals surface area contributed by atoms with Gasteiger partial charge >= 0.3 is 0 Å². The molecule has 158 valence electrons. The zero-order valence-corrected chi connectivity index (χ0v) is 18.1. The standard InChI is InChI=1S/C27H28N2O2/c1-21-9-14-24(15-10-21)31-20-6-5-19-29-26-8-4-3-7-25(26)28-27(29)18-13-22-11-16-23(30-2)17-12-22/h3-4,7-18H,5-6,19-20H2,1-2H3/b18-13+. The fourth-order valence-corrected chi connectivity index (χ4v) is 3.54. The van der Waals surface area contributed by atoms with E-state index in [2.05, 4.69) is 54.0 Å². The molecule has 0 fully saturated rings. The molecule has 4 heteroatoms. The number of ether oxygens (including phenoxy) is 2. The van der Waals surface area contributed by atoms with Crippen LogP contribution in [0.15, 0.2) is 72.8 Å². The molecule has 1 heterocycles. The summed E-state index contributed by atoms with van der Waals surface area (Å²) >= 11 is 0. The molecule has 0 amide bonds. The first kappa shape index (κ1) is 20.7. The maximum absolute atomic E-state index is 5.87. The molecule has 0 bridgehead atoms. The number of hydrogen-bond acceptors (Lipinski definition) is 3. The number of benzene rings is 3. The molecule has 0 aliphatic heterocycles. The van der Waals surface area contributed by atoms with E-state index in [1.165, 1.54) is 5.56 Å². The van der Waals surface area contributed by atoms with E-state index in [0.717, 1.165) is 53.3 Å². The fourth-order valence-electron chi connectivity index (χ4n) is 3.54. The Labute approximate surface area is 183 Å². The third-order valence-corrected chi connectivity index (χ3v) is 5.29. The second kappa shape index (κ2) is 9.98. The SMILES string of the molecule is COc1ccc(/C=C/c2nc3ccccc3n2CCCCOc2ccc(C)cc2)cc1. The molecule has 3 aromatic carbocycles. The number of para-hydroxylation sites is 2. The molecule has 0 aliphatic rings. The Kier molecular flexibility index (Phi) is 6.68. The summed E-state index contributed by atoms with van der Waals surface area (Å²) in [5.41, 5.74) is 4.55. The van der Waals surface area contributed by atoms with Crippen LogP contribution < -0.4 is 9.47 Å². The highest BCUT2D eigenvalue weighted by Crippen LogP contribution is 2.20. The largest absolute Gasteiger partial charge is 0.497 e. The highest BCUT2D eigenvalue weighted by Gasteiger charge is 2.08. The van der Waals surface area contributed by atoms with Crippen LogP contribution in [0.4, 0.5) is 0 Å². The summed E-state index contributed by atoms with van der Waals surface area (Å²) in [6.07, 6.45) is 6.19. The van der Waals surface area contributed by atoms with E-state index in [4.69, 9.17) is 14.5 Å². The van der Waals surface area contributed by atoms with E-state index in [0.29, 0.717) is 6.61 Å². The molecule has 31 heavy (non-hydrogen) atoms. The first-order chi connectivity index (χ1) is 15.2. The number of aromatic nitrogens is 2. The lowest BCUT2D eigenvalue weighted by atomic mass is 10.2. The first-order valence-electron chi connectivity index (χ1n) is 10.7. The predicted octanol–water partition coefficient (Wildman–Crippen LogP) is 6.38. The predicted molar refractivity (Wildman–Crippen MR) is 128 cm³/mol. The molecule has 0 aliphatic carbocycles. The molecule has 0 unspecified atom stereocenters. The molecule has 0 saturated carbocycles. The van der Waals surface area contributed by atoms with Crippen LogP contribution in [-0.2, 0) is 6.54 Å². The van der Waals surface area contributed by atoms with E-state index in [1.54, 1.807) is 7.11 Å². The van der Waals surface area contributed by atoms with Gasteiger partial charge in [-0.25, -0.2) is 4.98 Å². The van der Waals surface area contributed by atoms with E-state index in [-0.39, 0.29) is 0 Å². The van der Waals surface area contributed by atoms with Crippen LogP contribution in [0, 0.1) is 6.92 Å². The van der Waals surface area contributed by atoms with Crippen LogP contribution >= 0.6 is 0 Å². The Bertz CT molecular complexity index is 1140. The summed E-state index contributed by atoms with van der Waals surface area (Å²) in [5, 5.41) is 0. The van der Waals surface area contributed by atoms with Crippen molar-refractivity contribution in [1.29, 1.82) is 0 Å². The van der Waals surface area contributed by atoms with E-state index in [9.17, 15) is 0 Å². The van der Waals surface area contributed by atoms with Gasteiger partial charge in [-0.3, -0.25) is 0 Å². The number of rotatable bonds is 9. The molecule has 0 radical (unpaired) electrons. The van der Waals surface area contributed by atoms with Gasteiger partial charge < -0.3 is 14.0 Å². The summed E-state index contributed by atoms with van der Waals surface area (Å²) in [7, 11) is 1.68. The minimum absolute atomic E-state index is 0.715. The van der Waals surface area contributed by atoms with Gasteiger partial charge in [-0.1, -0.05) is 48.0 Å². The lowest BCUT2D eigenvalue weighted by Gasteiger charge is -2.09. The van der Waals surface area contributed by atoms with Crippen molar-refractivity contribution in [3.8, 4) is 11.5 Å². The Hall–Kier alpha value is -3.53. The first-order valence-corrected chi connectivity index (χ1v) is 10.7. The second-order valence-electron chi connectivity index (χ2n) is 7.59. The monoisotopic (exact) mass is 412 g/mol. The van der Waals surface area contributed by atoms with Crippen molar-refractivity contribution in [2.24, 2.45) is 0 Å². The summed E-state index contributed by atoms with van der Waals surface area (Å²) in [6.45, 7) is 3.70. The average molecular weight is 413 g/mol. The molecule has 0 atom stereocenters. The number of nitrogens with zero attached hydrogens (tertiary/aromatic N) is 2. The van der Waals surface area contributed by atoms with Crippen LogP contribution in [0.2, 0.25) is 0 Å². The van der Waals surface area contributed by atoms with Gasteiger partial charge in [0.2, 0.25) is 0 Å². The Morgan fingerprint density at radius 1 is 0.839 bits per heavy atom. The van der Waals surface area contributed by atoms with Gasteiger partial charge in [-0.2, -0.15) is 0 Å². The average Bonchev–Trinajstić information content (AvgIpc) is 3.16. The summed E-state index contributed by atoms with van der Waals surface area (Å²) in [6, 6.07) is 24.5. The molecule has 0 saturated heterocycles. The highest BCUT2D eigenvalue weighted by molar-refractivity contribution is 5.79. The molecule has 4 aromatic rings. The number of hydrogen-bond donors (Lipinski definition) is 0. The smallest absolute Gasteiger partial charge is 0.133 e. The Morgan fingerprint density at radius 3 is 2.35 bits per heavy atom. The molecular formula is C27H28N2O2. The van der Waals surface area contributed by atoms with Crippen molar-refractivity contribution in [2.75, 3.05) is 13.7 Å². The number of methoxy groups -OCH3 is 1. The zero-order valence-electron chi connectivity index (χ0n) is 18.1. The lowest BCUT2D eigenvalue weighted by Crippen LogP contribution is -2.04. The quantitative estimate of drug-likeness (QED) is 0.299. The molecule has 4 rings (SSSR count). The van der Waals surface area contributed by atoms with Gasteiger partial charge in [-0.15, -0.1) is 0 Å². The normalized spacial score (nSPS) is 11.3. The van der Waals surface area contributed by atoms with E-state index < -0.39 is 0 Å². The Morgan fingerprint density at radius 2 is 1.58 bits per heavy atom. The minimum Gasteiger partial charge on any atom is -0.497 e. The summed E-state index contributed by atoms with van der Waals surface area (Å²) < 4.78 is 13.4. The fraction of sp³-hybridized carbons (Fsp3) is 0.222. The topological polar surface area (TPSA) is 36.3 Å². The Balaban J connectivity index is 1.42. The van der Waals surface area contributed by atoms with Crippen LogP contribution in [0.3, 0.4) is 0 Å². The van der Waals surface area contributed by atoms with E-state index in [1.807, 2.05) is 42.5 Å². The van der Waals surface area contributed by atoms with Crippen molar-refractivity contribution in [1.82, 2.24) is 9.55 Å². The minimum atomic E-state index is 0.715. The van der Waals surface area contributed by atoms with Gasteiger partial charge in [0.1, 0.15) is 17.3 Å².